The number of aryl methyl sites for hydroxylation is 2. The maximum absolute atomic E-state index is 2.97. The van der Waals surface area contributed by atoms with Gasteiger partial charge in [0.2, 0.25) is 0 Å². The van der Waals surface area contributed by atoms with Gasteiger partial charge in [0, 0.05) is 6.04 Å². The Morgan fingerprint density at radius 3 is 2.22 bits per heavy atom. The van der Waals surface area contributed by atoms with Crippen molar-refractivity contribution >= 4 is 14.5 Å². The fourth-order valence-corrected chi connectivity index (χ4v) is 7.18. The van der Waals surface area contributed by atoms with E-state index in [1.165, 1.54) is 48.8 Å². The Balaban J connectivity index is 2.08. The van der Waals surface area contributed by atoms with Crippen molar-refractivity contribution in [1.82, 2.24) is 4.57 Å². The lowest BCUT2D eigenvalue weighted by Crippen LogP contribution is -2.46. The number of nitrogens with zero attached hydrogens (tertiary/aromatic N) is 1. The van der Waals surface area contributed by atoms with Gasteiger partial charge < -0.3 is 4.57 Å². The standard InChI is InChI=1S/C21H33NSi/c1-14-12-15(2)20-16(3)17(4)21(19(20)13-14)22(23(5)6)18-10-8-7-9-11-18/h12-13,18,21,23H,7-11H2,1-6H3. The Morgan fingerprint density at radius 1 is 0.957 bits per heavy atom. The molecule has 0 heterocycles. The molecule has 1 unspecified atom stereocenters. The van der Waals surface area contributed by atoms with Crippen molar-refractivity contribution in [2.45, 2.75) is 85.0 Å². The Bertz CT molecular complexity index is 623. The molecule has 0 aromatic heterocycles. The second-order valence-corrected chi connectivity index (χ2v) is 10.9. The van der Waals surface area contributed by atoms with Gasteiger partial charge in [0.25, 0.3) is 0 Å². The van der Waals surface area contributed by atoms with E-state index in [9.17, 15) is 0 Å². The molecule has 3 rings (SSSR count). The van der Waals surface area contributed by atoms with Crippen molar-refractivity contribution in [2.75, 3.05) is 0 Å². The lowest BCUT2D eigenvalue weighted by molar-refractivity contribution is 0.220. The maximum atomic E-state index is 2.97. The summed E-state index contributed by atoms with van der Waals surface area (Å²) in [6.45, 7) is 14.3. The lowest BCUT2D eigenvalue weighted by Gasteiger charge is -2.42. The van der Waals surface area contributed by atoms with Gasteiger partial charge in [0.05, 0.1) is 6.04 Å². The van der Waals surface area contributed by atoms with Crippen molar-refractivity contribution in [3.63, 3.8) is 0 Å². The van der Waals surface area contributed by atoms with E-state index in [0.29, 0.717) is 6.04 Å². The van der Waals surface area contributed by atoms with Crippen LogP contribution in [0.4, 0.5) is 0 Å². The van der Waals surface area contributed by atoms with Gasteiger partial charge in [-0.2, -0.15) is 0 Å². The molecule has 2 heteroatoms. The van der Waals surface area contributed by atoms with Crippen molar-refractivity contribution in [1.29, 1.82) is 0 Å². The molecule has 0 saturated heterocycles. The van der Waals surface area contributed by atoms with E-state index in [-0.39, 0.29) is 0 Å². The van der Waals surface area contributed by atoms with Crippen LogP contribution in [0.1, 0.15) is 74.2 Å². The summed E-state index contributed by atoms with van der Waals surface area (Å²) in [5, 5.41) is 0. The zero-order valence-corrected chi connectivity index (χ0v) is 17.0. The van der Waals surface area contributed by atoms with Crippen LogP contribution in [0, 0.1) is 13.8 Å². The summed E-state index contributed by atoms with van der Waals surface area (Å²) in [5.41, 5.74) is 9.19. The lowest BCUT2D eigenvalue weighted by atomic mass is 9.92. The van der Waals surface area contributed by atoms with Gasteiger partial charge in [0.15, 0.2) is 0 Å². The van der Waals surface area contributed by atoms with Gasteiger partial charge >= 0.3 is 0 Å². The van der Waals surface area contributed by atoms with E-state index >= 15 is 0 Å². The summed E-state index contributed by atoms with van der Waals surface area (Å²) < 4.78 is 2.97. The van der Waals surface area contributed by atoms with Crippen LogP contribution in [0.15, 0.2) is 17.7 Å². The Kier molecular flexibility index (Phi) is 4.84. The molecular weight excluding hydrogens is 294 g/mol. The fourth-order valence-electron chi connectivity index (χ4n) is 5.06. The summed E-state index contributed by atoms with van der Waals surface area (Å²) in [6.07, 6.45) is 7.12. The van der Waals surface area contributed by atoms with E-state index in [4.69, 9.17) is 0 Å². The summed E-state index contributed by atoms with van der Waals surface area (Å²) in [7, 11) is -0.869. The Labute approximate surface area is 144 Å². The topological polar surface area (TPSA) is 3.24 Å². The quantitative estimate of drug-likeness (QED) is 0.637. The molecule has 1 nitrogen and oxygen atoms in total. The van der Waals surface area contributed by atoms with Gasteiger partial charge in [-0.25, -0.2) is 0 Å². The van der Waals surface area contributed by atoms with Crippen LogP contribution in [0.3, 0.4) is 0 Å². The first kappa shape index (κ1) is 17.0. The van der Waals surface area contributed by atoms with Gasteiger partial charge in [0.1, 0.15) is 8.96 Å². The second kappa shape index (κ2) is 6.56. The number of benzene rings is 1. The highest BCUT2D eigenvalue weighted by Crippen LogP contribution is 2.47. The molecule has 0 aliphatic heterocycles. The number of allylic oxidation sites excluding steroid dienone is 1. The molecule has 1 saturated carbocycles. The van der Waals surface area contributed by atoms with Gasteiger partial charge in [-0.1, -0.05) is 50.1 Å². The van der Waals surface area contributed by atoms with Crippen LogP contribution >= 0.6 is 0 Å². The second-order valence-electron chi connectivity index (χ2n) is 8.09. The molecule has 1 aromatic rings. The first-order valence-corrected chi connectivity index (χ1v) is 12.3. The smallest absolute Gasteiger partial charge is 0.107 e. The van der Waals surface area contributed by atoms with Gasteiger partial charge in [-0.05, 0) is 68.4 Å². The highest BCUT2D eigenvalue weighted by Gasteiger charge is 2.37. The minimum atomic E-state index is -0.869. The van der Waals surface area contributed by atoms with E-state index in [1.54, 1.807) is 16.7 Å². The molecular formula is C21H33NSi. The largest absolute Gasteiger partial charge is 0.314 e. The molecule has 2 aliphatic carbocycles. The summed E-state index contributed by atoms with van der Waals surface area (Å²) in [5.74, 6) is 0. The third-order valence-corrected chi connectivity index (χ3v) is 7.98. The molecule has 23 heavy (non-hydrogen) atoms. The molecule has 0 amide bonds. The molecule has 0 bridgehead atoms. The van der Waals surface area contributed by atoms with Gasteiger partial charge in [-0.3, -0.25) is 0 Å². The molecule has 1 aromatic carbocycles. The highest BCUT2D eigenvalue weighted by molar-refractivity contribution is 6.52. The van der Waals surface area contributed by atoms with Crippen LogP contribution in [0.5, 0.6) is 0 Å². The average molecular weight is 328 g/mol. The average Bonchev–Trinajstić information content (AvgIpc) is 2.73. The third-order valence-electron chi connectivity index (χ3n) is 6.07. The molecule has 126 valence electrons. The maximum Gasteiger partial charge on any atom is 0.107 e. The minimum absolute atomic E-state index is 0.554. The van der Waals surface area contributed by atoms with Crippen LogP contribution in [0.25, 0.3) is 5.57 Å². The molecule has 0 radical (unpaired) electrons. The molecule has 2 aliphatic rings. The van der Waals surface area contributed by atoms with Crippen molar-refractivity contribution in [2.24, 2.45) is 0 Å². The molecule has 1 atom stereocenters. The minimum Gasteiger partial charge on any atom is -0.314 e. The van der Waals surface area contributed by atoms with E-state index in [2.05, 4.69) is 57.5 Å². The van der Waals surface area contributed by atoms with E-state index in [0.717, 1.165) is 6.04 Å². The zero-order valence-electron chi connectivity index (χ0n) is 15.9. The highest BCUT2D eigenvalue weighted by atomic mass is 28.3. The molecule has 0 N–H and O–H groups in total. The SMILES string of the molecule is CC1=C(C)C(N(C2CCCCC2)[SiH](C)C)c2cc(C)cc(C)c21. The summed E-state index contributed by atoms with van der Waals surface area (Å²) in [4.78, 5) is 0. The first-order valence-electron chi connectivity index (χ1n) is 9.48. The van der Waals surface area contributed by atoms with Crippen LogP contribution in [-0.4, -0.2) is 19.6 Å². The number of hydrogen-bond donors (Lipinski definition) is 0. The predicted octanol–water partition coefficient (Wildman–Crippen LogP) is 5.77. The fraction of sp³-hybridized carbons (Fsp3) is 0.619. The van der Waals surface area contributed by atoms with Crippen LogP contribution in [0.2, 0.25) is 13.1 Å². The predicted molar refractivity (Wildman–Crippen MR) is 105 cm³/mol. The van der Waals surface area contributed by atoms with Crippen molar-refractivity contribution in [3.8, 4) is 0 Å². The van der Waals surface area contributed by atoms with Crippen LogP contribution in [-0.2, 0) is 0 Å². The monoisotopic (exact) mass is 327 g/mol. The Morgan fingerprint density at radius 2 is 1.61 bits per heavy atom. The van der Waals surface area contributed by atoms with E-state index < -0.39 is 8.96 Å². The van der Waals surface area contributed by atoms with Gasteiger partial charge in [-0.15, -0.1) is 0 Å². The van der Waals surface area contributed by atoms with Crippen LogP contribution < -0.4 is 0 Å². The Hall–Kier alpha value is -0.863. The molecule has 0 spiro atoms. The van der Waals surface area contributed by atoms with Crippen molar-refractivity contribution in [3.05, 3.63) is 40.0 Å². The normalized spacial score (nSPS) is 22.3. The number of rotatable bonds is 3. The number of fused-ring (bicyclic) bond motifs is 1. The third kappa shape index (κ3) is 2.96. The number of hydrogen-bond acceptors (Lipinski definition) is 1. The zero-order chi connectivity index (χ0) is 16.7. The first-order chi connectivity index (χ1) is 10.9. The molecule has 1 fully saturated rings. The van der Waals surface area contributed by atoms with E-state index in [1.807, 2.05) is 0 Å². The van der Waals surface area contributed by atoms with Crippen molar-refractivity contribution < 1.29 is 0 Å². The summed E-state index contributed by atoms with van der Waals surface area (Å²) >= 11 is 0. The summed E-state index contributed by atoms with van der Waals surface area (Å²) in [6, 6.07) is 6.20.